The first-order valence-corrected chi connectivity index (χ1v) is 14.5. The van der Waals surface area contributed by atoms with Crippen LogP contribution < -0.4 is 0 Å². The van der Waals surface area contributed by atoms with Crippen LogP contribution in [0.3, 0.4) is 0 Å². The van der Waals surface area contributed by atoms with Crippen molar-refractivity contribution in [3.05, 3.63) is 72.5 Å². The summed E-state index contributed by atoms with van der Waals surface area (Å²) in [5, 5.41) is 2.59. The summed E-state index contributed by atoms with van der Waals surface area (Å²) in [5.74, 6) is 0.573. The molecular weight excluding hydrogens is 459 g/mol. The minimum Gasteiger partial charge on any atom is -0.338 e. The number of imidazole rings is 1. The van der Waals surface area contributed by atoms with Crippen molar-refractivity contribution in [2.45, 2.75) is 62.2 Å². The van der Waals surface area contributed by atoms with E-state index in [4.69, 9.17) is 0 Å². The Morgan fingerprint density at radius 3 is 1.88 bits per heavy atom. The predicted molar refractivity (Wildman–Crippen MR) is 153 cm³/mol. The third-order valence-electron chi connectivity index (χ3n) is 6.86. The molecule has 0 atom stereocenters. The molecule has 1 aromatic heterocycles. The van der Waals surface area contributed by atoms with Crippen molar-refractivity contribution in [3.8, 4) is 22.5 Å². The summed E-state index contributed by atoms with van der Waals surface area (Å²) in [7, 11) is -0.389. The van der Waals surface area contributed by atoms with Gasteiger partial charge in [-0.3, -0.25) is 0 Å². The fourth-order valence-corrected chi connectivity index (χ4v) is 7.74. The van der Waals surface area contributed by atoms with Gasteiger partial charge < -0.3 is 4.98 Å². The van der Waals surface area contributed by atoms with Crippen molar-refractivity contribution >= 4 is 33.7 Å². The topological polar surface area (TPSA) is 28.7 Å². The summed E-state index contributed by atoms with van der Waals surface area (Å²) in [5.41, 5.74) is 4.26. The van der Waals surface area contributed by atoms with Crippen LogP contribution in [0.15, 0.2) is 71.6 Å². The number of rotatable bonds is 5. The molecule has 1 heterocycles. The van der Waals surface area contributed by atoms with E-state index in [0.29, 0.717) is 5.56 Å². The maximum absolute atomic E-state index is 13.9. The largest absolute Gasteiger partial charge is 0.338 e. The lowest BCUT2D eigenvalue weighted by Gasteiger charge is -2.48. The average Bonchev–Trinajstić information content (AvgIpc) is 3.22. The van der Waals surface area contributed by atoms with Crippen LogP contribution in [-0.2, 0) is 0 Å². The fourth-order valence-electron chi connectivity index (χ4n) is 4.27. The Hall–Kier alpha value is -2.24. The second kappa shape index (κ2) is 11.0. The molecule has 4 rings (SSSR count). The number of thiol groups is 1. The minimum atomic E-state index is -0.389. The summed E-state index contributed by atoms with van der Waals surface area (Å²) in [6, 6.07) is 20.3. The highest BCUT2D eigenvalue weighted by Crippen LogP contribution is 2.56. The molecular formula is C29H37FN2S2. The number of halogens is 1. The highest BCUT2D eigenvalue weighted by molar-refractivity contribution is 8.34. The van der Waals surface area contributed by atoms with Crippen molar-refractivity contribution in [3.63, 3.8) is 0 Å². The molecule has 0 aliphatic heterocycles. The molecule has 0 spiro atoms. The Balaban J connectivity index is 0.000000252. The summed E-state index contributed by atoms with van der Waals surface area (Å²) in [4.78, 5) is 8.76. The summed E-state index contributed by atoms with van der Waals surface area (Å²) < 4.78 is 13.9. The van der Waals surface area contributed by atoms with Gasteiger partial charge in [0.1, 0.15) is 11.6 Å². The van der Waals surface area contributed by atoms with Crippen LogP contribution in [-0.4, -0.2) is 32.0 Å². The number of benzene rings is 3. The second-order valence-electron chi connectivity index (χ2n) is 9.61. The van der Waals surface area contributed by atoms with Crippen molar-refractivity contribution in [2.75, 3.05) is 6.26 Å². The Labute approximate surface area is 211 Å². The lowest BCUT2D eigenvalue weighted by molar-refractivity contribution is 0.631. The number of nitrogens with zero attached hydrogens (tertiary/aromatic N) is 1. The first-order chi connectivity index (χ1) is 16.0. The van der Waals surface area contributed by atoms with Gasteiger partial charge in [0.05, 0.1) is 11.0 Å². The molecule has 0 aliphatic carbocycles. The molecule has 0 saturated heterocycles. The quantitative estimate of drug-likeness (QED) is 0.265. The van der Waals surface area contributed by atoms with E-state index in [1.807, 2.05) is 48.5 Å². The fraction of sp³-hybridized carbons (Fsp3) is 0.345. The van der Waals surface area contributed by atoms with Gasteiger partial charge in [0, 0.05) is 16.0 Å². The maximum Gasteiger partial charge on any atom is 0.138 e. The first-order valence-electron chi connectivity index (χ1n) is 11.8. The van der Waals surface area contributed by atoms with E-state index in [-0.39, 0.29) is 15.8 Å². The van der Waals surface area contributed by atoms with Crippen LogP contribution >= 0.6 is 22.7 Å². The van der Waals surface area contributed by atoms with Crippen molar-refractivity contribution in [1.29, 1.82) is 0 Å². The molecule has 4 aromatic rings. The Kier molecular flexibility index (Phi) is 8.53. The van der Waals surface area contributed by atoms with E-state index < -0.39 is 0 Å². The van der Waals surface area contributed by atoms with Crippen LogP contribution in [0.1, 0.15) is 41.5 Å². The van der Waals surface area contributed by atoms with E-state index in [2.05, 4.69) is 70.4 Å². The van der Waals surface area contributed by atoms with Gasteiger partial charge in [-0.1, -0.05) is 84.0 Å². The number of hydrogen-bond donors (Lipinski definition) is 2. The minimum absolute atomic E-state index is 0.217. The van der Waals surface area contributed by atoms with E-state index in [0.717, 1.165) is 48.6 Å². The molecule has 34 heavy (non-hydrogen) atoms. The number of aromatic nitrogens is 2. The molecule has 0 fully saturated rings. The zero-order valence-corrected chi connectivity index (χ0v) is 23.0. The standard InChI is InChI=1S/C19H13FN2S.C10H24S/c20-16-4-2-1-3-15(16)12-5-7-13(8-6-12)19-21-17-10-9-14(23)11-18(17)22-19;1-8(2)11(7,9(3)4)10(5)6/h1-11,23H,(H,21,22);8-10H,1-7H3. The van der Waals surface area contributed by atoms with E-state index in [1.54, 1.807) is 12.1 Å². The average molecular weight is 497 g/mol. The summed E-state index contributed by atoms with van der Waals surface area (Å²) in [6.45, 7) is 14.2. The number of H-pyrrole nitrogens is 1. The van der Waals surface area contributed by atoms with Gasteiger partial charge in [-0.25, -0.2) is 19.4 Å². The van der Waals surface area contributed by atoms with Crippen molar-refractivity contribution in [2.24, 2.45) is 0 Å². The predicted octanol–water partition coefficient (Wildman–Crippen LogP) is 8.97. The lowest BCUT2D eigenvalue weighted by Crippen LogP contribution is -2.27. The number of aromatic amines is 1. The molecule has 0 amide bonds. The van der Waals surface area contributed by atoms with Crippen molar-refractivity contribution < 1.29 is 4.39 Å². The van der Waals surface area contributed by atoms with Gasteiger partial charge in [-0.2, -0.15) is 0 Å². The van der Waals surface area contributed by atoms with Crippen LogP contribution in [0.25, 0.3) is 33.5 Å². The van der Waals surface area contributed by atoms with Crippen LogP contribution in [0.5, 0.6) is 0 Å². The maximum atomic E-state index is 13.9. The van der Waals surface area contributed by atoms with Crippen molar-refractivity contribution in [1.82, 2.24) is 9.97 Å². The van der Waals surface area contributed by atoms with Crippen LogP contribution in [0, 0.1) is 5.82 Å². The Bertz CT molecular complexity index is 1200. The molecule has 0 radical (unpaired) electrons. The van der Waals surface area contributed by atoms with Gasteiger partial charge >= 0.3 is 0 Å². The molecule has 0 unspecified atom stereocenters. The number of nitrogens with one attached hydrogen (secondary N) is 1. The number of hydrogen-bond acceptors (Lipinski definition) is 2. The van der Waals surface area contributed by atoms with E-state index in [1.165, 1.54) is 6.07 Å². The normalized spacial score (nSPS) is 12.4. The van der Waals surface area contributed by atoms with E-state index >= 15 is 0 Å². The number of fused-ring (bicyclic) bond motifs is 1. The van der Waals surface area contributed by atoms with Crippen LogP contribution in [0.2, 0.25) is 0 Å². The smallest absolute Gasteiger partial charge is 0.138 e. The molecule has 0 saturated carbocycles. The van der Waals surface area contributed by atoms with Gasteiger partial charge in [-0.05, 0) is 51.8 Å². The molecule has 0 bridgehead atoms. The van der Waals surface area contributed by atoms with Gasteiger partial charge in [0.25, 0.3) is 0 Å². The van der Waals surface area contributed by atoms with Gasteiger partial charge in [0.2, 0.25) is 0 Å². The monoisotopic (exact) mass is 496 g/mol. The third-order valence-corrected chi connectivity index (χ3v) is 13.2. The second-order valence-corrected chi connectivity index (χ2v) is 15.2. The summed E-state index contributed by atoms with van der Waals surface area (Å²) >= 11 is 4.34. The Morgan fingerprint density at radius 2 is 1.35 bits per heavy atom. The summed E-state index contributed by atoms with van der Waals surface area (Å²) in [6.07, 6.45) is 2.49. The lowest BCUT2D eigenvalue weighted by atomic mass is 10.0. The highest BCUT2D eigenvalue weighted by Gasteiger charge is 2.29. The molecule has 0 aliphatic rings. The molecule has 182 valence electrons. The molecule has 3 aromatic carbocycles. The molecule has 5 heteroatoms. The molecule has 1 N–H and O–H groups in total. The molecule has 2 nitrogen and oxygen atoms in total. The van der Waals surface area contributed by atoms with Gasteiger partial charge in [0.15, 0.2) is 0 Å². The van der Waals surface area contributed by atoms with Crippen LogP contribution in [0.4, 0.5) is 4.39 Å². The third kappa shape index (κ3) is 5.69. The zero-order valence-electron chi connectivity index (χ0n) is 21.3. The first kappa shape index (κ1) is 26.4. The van der Waals surface area contributed by atoms with E-state index in [9.17, 15) is 4.39 Å². The zero-order chi connectivity index (χ0) is 25.0. The Morgan fingerprint density at radius 1 is 0.794 bits per heavy atom. The highest BCUT2D eigenvalue weighted by atomic mass is 32.3. The van der Waals surface area contributed by atoms with Gasteiger partial charge in [-0.15, -0.1) is 12.6 Å². The SMILES string of the molecule is CC(C)S(C)(C(C)C)C(C)C.Fc1ccccc1-c1ccc(-c2nc3ccc(S)cc3[nH]2)cc1.